The fourth-order valence-corrected chi connectivity index (χ4v) is 0.500. The third-order valence-electron chi connectivity index (χ3n) is 0.957. The first-order chi connectivity index (χ1) is 7.33. The van der Waals surface area contributed by atoms with E-state index in [1.807, 2.05) is 41.5 Å². The van der Waals surface area contributed by atoms with Gasteiger partial charge in [-0.25, -0.2) is 0 Å². The van der Waals surface area contributed by atoms with Crippen LogP contribution in [0.1, 0.15) is 101 Å². The van der Waals surface area contributed by atoms with E-state index in [-0.39, 0.29) is 0 Å². The van der Waals surface area contributed by atoms with Crippen LogP contribution in [-0.4, -0.2) is 0 Å². The number of rotatable bonds is 3. The zero-order valence-electron chi connectivity index (χ0n) is 13.5. The molecule has 0 nitrogen and oxygen atoms in total. The van der Waals surface area contributed by atoms with Crippen molar-refractivity contribution >= 4 is 0 Å². The molecule has 0 aromatic heterocycles. The van der Waals surface area contributed by atoms with Gasteiger partial charge < -0.3 is 0 Å². The highest BCUT2D eigenvalue weighted by atomic mass is 13.8. The van der Waals surface area contributed by atoms with Gasteiger partial charge in [-0.2, -0.15) is 0 Å². The van der Waals surface area contributed by atoms with Crippen LogP contribution < -0.4 is 0 Å². The molecular weight excluding hydrogens is 180 g/mol. The molecular formula is C15H40. The van der Waals surface area contributed by atoms with Crippen LogP contribution in [0, 0.1) is 0 Å². The molecule has 0 heterocycles. The minimum atomic E-state index is 1.25. The molecule has 0 fully saturated rings. The molecule has 0 rings (SSSR count). The maximum absolute atomic E-state index is 2.23. The van der Waals surface area contributed by atoms with Crippen molar-refractivity contribution in [1.29, 1.82) is 0 Å². The van der Waals surface area contributed by atoms with Gasteiger partial charge in [-0.1, -0.05) is 101 Å². The van der Waals surface area contributed by atoms with E-state index in [2.05, 4.69) is 27.7 Å². The normalized spacial score (nSPS) is 6.00. The van der Waals surface area contributed by atoms with Gasteiger partial charge in [-0.05, 0) is 0 Å². The van der Waals surface area contributed by atoms with Crippen molar-refractivity contribution in [1.82, 2.24) is 0 Å². The Hall–Kier alpha value is 0. The summed E-state index contributed by atoms with van der Waals surface area (Å²) in [6.45, 7) is 20.7. The van der Waals surface area contributed by atoms with Gasteiger partial charge in [-0.15, -0.1) is 0 Å². The van der Waals surface area contributed by atoms with E-state index in [1.165, 1.54) is 32.1 Å². The second-order valence-corrected chi connectivity index (χ2v) is 2.41. The summed E-state index contributed by atoms with van der Waals surface area (Å²) in [4.78, 5) is 0. The fraction of sp³-hybridized carbons (Fsp3) is 1.00. The Balaban J connectivity index is -0.0000000318. The topological polar surface area (TPSA) is 0 Å². The summed E-state index contributed by atoms with van der Waals surface area (Å²) in [5.41, 5.74) is 0. The van der Waals surface area contributed by atoms with Gasteiger partial charge in [0.25, 0.3) is 0 Å². The molecule has 0 aromatic carbocycles. The van der Waals surface area contributed by atoms with Crippen molar-refractivity contribution in [2.24, 2.45) is 0 Å². The molecule has 0 N–H and O–H groups in total. The molecule has 0 saturated carbocycles. The highest BCUT2D eigenvalue weighted by molar-refractivity contribution is 4.31. The Kier molecular flexibility index (Phi) is 185. The Morgan fingerprint density at radius 2 is 0.600 bits per heavy atom. The smallest absolute Gasteiger partial charge is 0.0536 e. The number of hydrogen-bond donors (Lipinski definition) is 0. The monoisotopic (exact) mass is 220 g/mol. The average Bonchev–Trinajstić information content (AvgIpc) is 2.35. The molecule has 100 valence electrons. The Labute approximate surface area is 102 Å². The van der Waals surface area contributed by atoms with Crippen molar-refractivity contribution in [3.63, 3.8) is 0 Å². The summed E-state index contributed by atoms with van der Waals surface area (Å²) < 4.78 is 0. The summed E-state index contributed by atoms with van der Waals surface area (Å²) in [7, 11) is 0. The second kappa shape index (κ2) is 94.6. The highest BCUT2D eigenvalue weighted by Crippen LogP contribution is 1.95. The molecule has 0 aliphatic carbocycles. The van der Waals surface area contributed by atoms with E-state index < -0.39 is 0 Å². The van der Waals surface area contributed by atoms with Gasteiger partial charge >= 0.3 is 0 Å². The molecule has 0 radical (unpaired) electrons. The molecule has 0 aliphatic rings. The van der Waals surface area contributed by atoms with Crippen LogP contribution in [0.3, 0.4) is 0 Å². The Morgan fingerprint density at radius 3 is 0.667 bits per heavy atom. The van der Waals surface area contributed by atoms with Gasteiger partial charge in [0.2, 0.25) is 0 Å². The molecule has 0 saturated heterocycles. The van der Waals surface area contributed by atoms with Crippen LogP contribution in [-0.2, 0) is 0 Å². The van der Waals surface area contributed by atoms with E-state index in [0.717, 1.165) is 0 Å². The van der Waals surface area contributed by atoms with Crippen molar-refractivity contribution < 1.29 is 0 Å². The summed E-state index contributed by atoms with van der Waals surface area (Å²) in [6, 6.07) is 0. The van der Waals surface area contributed by atoms with E-state index >= 15 is 0 Å². The quantitative estimate of drug-likeness (QED) is 0.446. The predicted octanol–water partition coefficient (Wildman–Crippen LogP) is 7.08. The first-order valence-corrected chi connectivity index (χ1v) is 7.33. The van der Waals surface area contributed by atoms with Gasteiger partial charge in [0.15, 0.2) is 0 Å². The Morgan fingerprint density at radius 1 is 0.467 bits per heavy atom. The van der Waals surface area contributed by atoms with Crippen LogP contribution in [0.5, 0.6) is 0 Å². The maximum atomic E-state index is 2.23. The van der Waals surface area contributed by atoms with E-state index in [1.54, 1.807) is 0 Å². The van der Waals surface area contributed by atoms with Gasteiger partial charge in [0.05, 0.1) is 0 Å². The maximum Gasteiger partial charge on any atom is -0.0536 e. The molecule has 0 unspecified atom stereocenters. The third kappa shape index (κ3) is 224. The lowest BCUT2D eigenvalue weighted by Crippen LogP contribution is -1.66. The average molecular weight is 220 g/mol. The Bertz CT molecular complexity index is 19.2. The first-order valence-electron chi connectivity index (χ1n) is 7.33. The third-order valence-corrected chi connectivity index (χ3v) is 0.957. The van der Waals surface area contributed by atoms with Crippen LogP contribution in [0.15, 0.2) is 0 Å². The molecule has 0 bridgehead atoms. The summed E-state index contributed by atoms with van der Waals surface area (Å²) in [5, 5.41) is 0. The lowest BCUT2D eigenvalue weighted by molar-refractivity contribution is 0.702. The van der Waals surface area contributed by atoms with Crippen LogP contribution in [0.4, 0.5) is 0 Å². The minimum absolute atomic E-state index is 1.25. The van der Waals surface area contributed by atoms with Crippen molar-refractivity contribution in [2.75, 3.05) is 0 Å². The zero-order chi connectivity index (χ0) is 13.5. The molecule has 0 amide bonds. The summed E-state index contributed by atoms with van der Waals surface area (Å²) >= 11 is 0. The predicted molar refractivity (Wildman–Crippen MR) is 79.8 cm³/mol. The second-order valence-electron chi connectivity index (χ2n) is 2.41. The number of unbranched alkanes of at least 4 members (excludes halogenated alkanes) is 3. The molecule has 0 heteroatoms. The summed E-state index contributed by atoms with van der Waals surface area (Å²) in [5.74, 6) is 0. The van der Waals surface area contributed by atoms with Crippen molar-refractivity contribution in [2.45, 2.75) is 101 Å². The highest BCUT2D eigenvalue weighted by Gasteiger charge is 1.75. The van der Waals surface area contributed by atoms with Crippen molar-refractivity contribution in [3.8, 4) is 0 Å². The molecule has 0 spiro atoms. The minimum Gasteiger partial charge on any atom is -0.0683 e. The van der Waals surface area contributed by atoms with Crippen LogP contribution >= 0.6 is 0 Å². The van der Waals surface area contributed by atoms with Crippen LogP contribution in [0.2, 0.25) is 0 Å². The first kappa shape index (κ1) is 29.4. The van der Waals surface area contributed by atoms with Gasteiger partial charge in [-0.3, -0.25) is 0 Å². The SMILES string of the molecule is CC.CC.CC.CCC.CCCCCC. The lowest BCUT2D eigenvalue weighted by Gasteiger charge is -1.86. The van der Waals surface area contributed by atoms with Crippen molar-refractivity contribution in [3.05, 3.63) is 0 Å². The standard InChI is InChI=1S/C6H14.C3H8.3C2H6/c1-3-5-6-4-2;1-3-2;3*1-2/h3-6H2,1-2H3;3H2,1-2H3;3*1-2H3. The zero-order valence-corrected chi connectivity index (χ0v) is 13.5. The molecule has 0 aliphatic heterocycles. The largest absolute Gasteiger partial charge is 0.0683 e. The lowest BCUT2D eigenvalue weighted by atomic mass is 10.2. The van der Waals surface area contributed by atoms with E-state index in [9.17, 15) is 0 Å². The summed E-state index contributed by atoms with van der Waals surface area (Å²) in [6.07, 6.45) is 6.79. The van der Waals surface area contributed by atoms with Gasteiger partial charge in [0.1, 0.15) is 0 Å². The number of hydrogen-bond acceptors (Lipinski definition) is 0. The van der Waals surface area contributed by atoms with Crippen LogP contribution in [0.25, 0.3) is 0 Å². The molecule has 15 heavy (non-hydrogen) atoms. The van der Waals surface area contributed by atoms with E-state index in [0.29, 0.717) is 0 Å². The fourth-order valence-electron chi connectivity index (χ4n) is 0.500. The molecule has 0 aromatic rings. The van der Waals surface area contributed by atoms with E-state index in [4.69, 9.17) is 0 Å². The molecule has 0 atom stereocenters. The van der Waals surface area contributed by atoms with Gasteiger partial charge in [0, 0.05) is 0 Å².